The van der Waals surface area contributed by atoms with Gasteiger partial charge in [0, 0.05) is 5.56 Å². The molecule has 1 atom stereocenters. The van der Waals surface area contributed by atoms with Crippen molar-refractivity contribution in [3.63, 3.8) is 0 Å². The van der Waals surface area contributed by atoms with Gasteiger partial charge in [-0.05, 0) is 36.8 Å². The zero-order valence-corrected chi connectivity index (χ0v) is 13.9. The molecule has 4 nitrogen and oxygen atoms in total. The molecule has 3 rings (SSSR count). The van der Waals surface area contributed by atoms with Crippen molar-refractivity contribution in [2.24, 2.45) is 0 Å². The molecule has 0 bridgehead atoms. The number of aryl methyl sites for hydroxylation is 1. The van der Waals surface area contributed by atoms with Gasteiger partial charge < -0.3 is 15.1 Å². The second kappa shape index (κ2) is 7.77. The number of carbonyl (C=O) groups is 1. The first kappa shape index (κ1) is 16.9. The summed E-state index contributed by atoms with van der Waals surface area (Å²) in [4.78, 5) is 12.2. The second-order valence-corrected chi connectivity index (χ2v) is 5.88. The molecule has 128 valence electrons. The van der Waals surface area contributed by atoms with Crippen molar-refractivity contribution in [3.8, 4) is 0 Å². The largest absolute Gasteiger partial charge is 0.463 e. The Bertz CT molecular complexity index is 832. The van der Waals surface area contributed by atoms with Gasteiger partial charge in [0.15, 0.2) is 18.3 Å². The van der Waals surface area contributed by atoms with E-state index in [-0.39, 0.29) is 24.2 Å². The molecule has 0 aliphatic heterocycles. The number of hydrogen-bond acceptors (Lipinski definition) is 2. The van der Waals surface area contributed by atoms with Crippen molar-refractivity contribution in [1.82, 2.24) is 0 Å². The average Bonchev–Trinajstić information content (AvgIpc) is 3.13. The van der Waals surface area contributed by atoms with Crippen LogP contribution in [0.1, 0.15) is 22.9 Å². The lowest BCUT2D eigenvalue weighted by Crippen LogP contribution is -2.87. The Morgan fingerprint density at radius 2 is 1.96 bits per heavy atom. The van der Waals surface area contributed by atoms with Crippen molar-refractivity contribution in [1.29, 1.82) is 0 Å². The minimum atomic E-state index is -0.431. The molecule has 1 aromatic heterocycles. The molecule has 25 heavy (non-hydrogen) atoms. The predicted molar refractivity (Wildman–Crippen MR) is 93.6 cm³/mol. The molecule has 0 fully saturated rings. The predicted octanol–water partition coefficient (Wildman–Crippen LogP) is 3.02. The van der Waals surface area contributed by atoms with E-state index in [0.29, 0.717) is 0 Å². The molecule has 2 aromatic carbocycles. The van der Waals surface area contributed by atoms with Gasteiger partial charge in [-0.1, -0.05) is 36.4 Å². The lowest BCUT2D eigenvalue weighted by molar-refractivity contribution is -0.678. The van der Waals surface area contributed by atoms with Crippen LogP contribution in [0.3, 0.4) is 0 Å². The second-order valence-electron chi connectivity index (χ2n) is 5.88. The van der Waals surface area contributed by atoms with Crippen LogP contribution in [0.2, 0.25) is 0 Å². The van der Waals surface area contributed by atoms with Gasteiger partial charge in [-0.2, -0.15) is 0 Å². The van der Waals surface area contributed by atoms with Crippen molar-refractivity contribution in [3.05, 3.63) is 89.6 Å². The fourth-order valence-electron chi connectivity index (χ4n) is 2.69. The van der Waals surface area contributed by atoms with Crippen LogP contribution in [0.5, 0.6) is 0 Å². The molecule has 3 N–H and O–H groups in total. The SMILES string of the molecule is Cc1ccc(NC(=O)C[NH2+][C@H](c2ccccc2)c2ccco2)c(F)c1. The number of halogens is 1. The summed E-state index contributed by atoms with van der Waals surface area (Å²) in [6.07, 6.45) is 1.61. The van der Waals surface area contributed by atoms with Crippen LogP contribution in [0.25, 0.3) is 0 Å². The zero-order chi connectivity index (χ0) is 17.6. The van der Waals surface area contributed by atoms with Crippen molar-refractivity contribution < 1.29 is 18.9 Å². The summed E-state index contributed by atoms with van der Waals surface area (Å²) in [7, 11) is 0. The fraction of sp³-hybridized carbons (Fsp3) is 0.150. The lowest BCUT2D eigenvalue weighted by atomic mass is 10.0. The highest BCUT2D eigenvalue weighted by Crippen LogP contribution is 2.18. The van der Waals surface area contributed by atoms with E-state index >= 15 is 0 Å². The number of carbonyl (C=O) groups excluding carboxylic acids is 1. The number of nitrogens with one attached hydrogen (secondary N) is 1. The minimum Gasteiger partial charge on any atom is -0.463 e. The molecule has 0 radical (unpaired) electrons. The van der Waals surface area contributed by atoms with Crippen LogP contribution in [-0.4, -0.2) is 12.5 Å². The quantitative estimate of drug-likeness (QED) is 0.725. The summed E-state index contributed by atoms with van der Waals surface area (Å²) in [5.41, 5.74) is 2.04. The van der Waals surface area contributed by atoms with Crippen LogP contribution < -0.4 is 10.6 Å². The van der Waals surface area contributed by atoms with Crippen LogP contribution >= 0.6 is 0 Å². The standard InChI is InChI=1S/C20H19FN2O2/c1-14-9-10-17(16(21)12-14)23-19(24)13-22-20(18-8-5-11-25-18)15-6-3-2-4-7-15/h2-12,20,22H,13H2,1H3,(H,23,24)/p+1/t20-/m1/s1. The van der Waals surface area contributed by atoms with Gasteiger partial charge in [0.05, 0.1) is 12.0 Å². The molecular weight excluding hydrogens is 319 g/mol. The zero-order valence-electron chi connectivity index (χ0n) is 13.9. The molecule has 3 aromatic rings. The number of amides is 1. The van der Waals surface area contributed by atoms with Crippen LogP contribution in [0, 0.1) is 12.7 Å². The maximum atomic E-state index is 13.9. The van der Waals surface area contributed by atoms with Gasteiger partial charge in [-0.3, -0.25) is 4.79 Å². The summed E-state index contributed by atoms with van der Waals surface area (Å²) in [5, 5.41) is 4.48. The molecule has 0 saturated carbocycles. The summed E-state index contributed by atoms with van der Waals surface area (Å²) in [5.74, 6) is 0.0646. The third kappa shape index (κ3) is 4.33. The highest BCUT2D eigenvalue weighted by atomic mass is 19.1. The first-order valence-corrected chi connectivity index (χ1v) is 8.11. The normalized spacial score (nSPS) is 11.9. The third-order valence-corrected chi connectivity index (χ3v) is 3.95. The molecular formula is C20H20FN2O2+. The highest BCUT2D eigenvalue weighted by Gasteiger charge is 2.21. The molecule has 1 heterocycles. The number of furan rings is 1. The van der Waals surface area contributed by atoms with Crippen molar-refractivity contribution in [2.75, 3.05) is 11.9 Å². The van der Waals surface area contributed by atoms with Gasteiger partial charge in [-0.15, -0.1) is 0 Å². The fourth-order valence-corrected chi connectivity index (χ4v) is 2.69. The lowest BCUT2D eigenvalue weighted by Gasteiger charge is -2.14. The van der Waals surface area contributed by atoms with Gasteiger partial charge >= 0.3 is 0 Å². The number of nitrogens with two attached hydrogens (primary N) is 1. The van der Waals surface area contributed by atoms with E-state index in [0.717, 1.165) is 16.9 Å². The number of anilines is 1. The maximum absolute atomic E-state index is 13.9. The molecule has 1 amide bonds. The van der Waals surface area contributed by atoms with Crippen LogP contribution in [0.15, 0.2) is 71.3 Å². The smallest absolute Gasteiger partial charge is 0.279 e. The number of quaternary nitrogens is 1. The van der Waals surface area contributed by atoms with E-state index < -0.39 is 5.82 Å². The Labute approximate surface area is 145 Å². The molecule has 5 heteroatoms. The van der Waals surface area contributed by atoms with Crippen LogP contribution in [-0.2, 0) is 4.79 Å². The van der Waals surface area contributed by atoms with Gasteiger partial charge in [0.25, 0.3) is 5.91 Å². The Kier molecular flexibility index (Phi) is 5.26. The number of benzene rings is 2. The Morgan fingerprint density at radius 1 is 1.16 bits per heavy atom. The Morgan fingerprint density at radius 3 is 2.64 bits per heavy atom. The average molecular weight is 339 g/mol. The molecule has 0 aliphatic rings. The van der Waals surface area contributed by atoms with Crippen molar-refractivity contribution in [2.45, 2.75) is 13.0 Å². The Balaban J connectivity index is 1.68. The highest BCUT2D eigenvalue weighted by molar-refractivity contribution is 5.91. The minimum absolute atomic E-state index is 0.134. The number of rotatable bonds is 6. The number of hydrogen-bond donors (Lipinski definition) is 2. The summed E-state index contributed by atoms with van der Waals surface area (Å²) < 4.78 is 19.4. The summed E-state index contributed by atoms with van der Waals surface area (Å²) >= 11 is 0. The first-order valence-electron chi connectivity index (χ1n) is 8.11. The molecule has 0 saturated heterocycles. The van der Waals surface area contributed by atoms with E-state index in [1.807, 2.05) is 47.8 Å². The third-order valence-electron chi connectivity index (χ3n) is 3.95. The van der Waals surface area contributed by atoms with E-state index in [4.69, 9.17) is 4.42 Å². The van der Waals surface area contributed by atoms with Crippen LogP contribution in [0.4, 0.5) is 10.1 Å². The molecule has 0 aliphatic carbocycles. The van der Waals surface area contributed by atoms with Crippen molar-refractivity contribution >= 4 is 11.6 Å². The van der Waals surface area contributed by atoms with E-state index in [1.54, 1.807) is 25.3 Å². The Hall–Kier alpha value is -2.92. The maximum Gasteiger partial charge on any atom is 0.279 e. The monoisotopic (exact) mass is 339 g/mol. The van der Waals surface area contributed by atoms with Gasteiger partial charge in [-0.25, -0.2) is 4.39 Å². The molecule has 0 spiro atoms. The summed E-state index contributed by atoms with van der Waals surface area (Å²) in [6.45, 7) is 1.95. The molecule has 0 unspecified atom stereocenters. The summed E-state index contributed by atoms with van der Waals surface area (Å²) in [6, 6.07) is 18.1. The van der Waals surface area contributed by atoms with E-state index in [1.165, 1.54) is 6.07 Å². The van der Waals surface area contributed by atoms with E-state index in [9.17, 15) is 9.18 Å². The van der Waals surface area contributed by atoms with E-state index in [2.05, 4.69) is 5.32 Å². The van der Waals surface area contributed by atoms with Gasteiger partial charge in [0.1, 0.15) is 5.82 Å². The topological polar surface area (TPSA) is 58.9 Å². The van der Waals surface area contributed by atoms with Gasteiger partial charge in [0.2, 0.25) is 0 Å². The first-order chi connectivity index (χ1) is 12.1.